The second kappa shape index (κ2) is 3.00. The van der Waals surface area contributed by atoms with Crippen molar-refractivity contribution in [3.05, 3.63) is 17.5 Å². The van der Waals surface area contributed by atoms with E-state index in [9.17, 15) is 13.2 Å². The number of halogens is 3. The molecule has 0 spiro atoms. The standard InChI is InChI=1S/C10H14F3N3/c1-8(2)4-9(8,5-14)6-3-7(16-15-6)10(11,12)13/h3H,4-5,14H2,1-2H3,(H,15,16). The van der Waals surface area contributed by atoms with E-state index in [4.69, 9.17) is 5.73 Å². The Morgan fingerprint density at radius 3 is 2.38 bits per heavy atom. The smallest absolute Gasteiger partial charge is 0.330 e. The van der Waals surface area contributed by atoms with Crippen molar-refractivity contribution in [3.8, 4) is 0 Å². The van der Waals surface area contributed by atoms with Crippen LogP contribution in [0.5, 0.6) is 0 Å². The van der Waals surface area contributed by atoms with E-state index in [2.05, 4.69) is 10.2 Å². The number of rotatable bonds is 2. The van der Waals surface area contributed by atoms with Crippen LogP contribution in [0.15, 0.2) is 6.07 Å². The minimum absolute atomic E-state index is 0.0584. The summed E-state index contributed by atoms with van der Waals surface area (Å²) in [5, 5.41) is 5.77. The average Bonchev–Trinajstić information content (AvgIpc) is 2.59. The van der Waals surface area contributed by atoms with Crippen LogP contribution in [0, 0.1) is 5.41 Å². The maximum atomic E-state index is 12.4. The minimum atomic E-state index is -4.40. The maximum absolute atomic E-state index is 12.4. The van der Waals surface area contributed by atoms with Gasteiger partial charge < -0.3 is 5.73 Å². The number of hydrogen-bond donors (Lipinski definition) is 2. The number of nitrogens with zero attached hydrogens (tertiary/aromatic N) is 1. The quantitative estimate of drug-likeness (QED) is 0.821. The van der Waals surface area contributed by atoms with E-state index in [1.54, 1.807) is 0 Å². The molecule has 90 valence electrons. The van der Waals surface area contributed by atoms with Crippen molar-refractivity contribution in [1.82, 2.24) is 10.2 Å². The molecular weight excluding hydrogens is 219 g/mol. The van der Waals surface area contributed by atoms with Gasteiger partial charge in [0.1, 0.15) is 0 Å². The molecule has 6 heteroatoms. The second-order valence-corrected chi connectivity index (χ2v) is 5.01. The van der Waals surface area contributed by atoms with E-state index in [1.807, 2.05) is 13.8 Å². The summed E-state index contributed by atoms with van der Waals surface area (Å²) in [6.07, 6.45) is -3.61. The highest BCUT2D eigenvalue weighted by Gasteiger charge is 2.62. The van der Waals surface area contributed by atoms with Crippen LogP contribution >= 0.6 is 0 Å². The fourth-order valence-corrected chi connectivity index (χ4v) is 2.34. The lowest BCUT2D eigenvalue weighted by atomic mass is 9.92. The number of H-pyrrole nitrogens is 1. The molecule has 3 nitrogen and oxygen atoms in total. The summed E-state index contributed by atoms with van der Waals surface area (Å²) >= 11 is 0. The van der Waals surface area contributed by atoms with Crippen molar-refractivity contribution in [3.63, 3.8) is 0 Å². The molecule has 1 atom stereocenters. The Kier molecular flexibility index (Phi) is 2.15. The zero-order chi connectivity index (χ0) is 12.2. The summed E-state index contributed by atoms with van der Waals surface area (Å²) in [5.74, 6) is 0. The van der Waals surface area contributed by atoms with Crippen molar-refractivity contribution in [1.29, 1.82) is 0 Å². The highest BCUT2D eigenvalue weighted by atomic mass is 19.4. The third kappa shape index (κ3) is 1.43. The van der Waals surface area contributed by atoms with Crippen LogP contribution in [0.2, 0.25) is 0 Å². The molecule has 3 N–H and O–H groups in total. The Hall–Kier alpha value is -1.04. The fraction of sp³-hybridized carbons (Fsp3) is 0.700. The predicted molar refractivity (Wildman–Crippen MR) is 52.7 cm³/mol. The molecule has 1 unspecified atom stereocenters. The molecule has 1 fully saturated rings. The first kappa shape index (κ1) is 11.4. The van der Waals surface area contributed by atoms with E-state index in [1.165, 1.54) is 0 Å². The number of alkyl halides is 3. The summed E-state index contributed by atoms with van der Waals surface area (Å²) in [5.41, 5.74) is 4.85. The Morgan fingerprint density at radius 1 is 1.50 bits per heavy atom. The SMILES string of the molecule is CC1(C)CC1(CN)c1cc(C(F)(F)F)n[nH]1. The van der Waals surface area contributed by atoms with Gasteiger partial charge in [-0.2, -0.15) is 18.3 Å². The van der Waals surface area contributed by atoms with Gasteiger partial charge in [0.15, 0.2) is 5.69 Å². The largest absolute Gasteiger partial charge is 0.435 e. The Balaban J connectivity index is 2.33. The molecule has 2 rings (SSSR count). The molecular formula is C10H14F3N3. The molecule has 1 heterocycles. The topological polar surface area (TPSA) is 54.7 Å². The zero-order valence-electron chi connectivity index (χ0n) is 9.15. The maximum Gasteiger partial charge on any atom is 0.435 e. The van der Waals surface area contributed by atoms with Gasteiger partial charge in [-0.05, 0) is 17.9 Å². The number of nitrogens with two attached hydrogens (primary N) is 1. The molecule has 0 radical (unpaired) electrons. The van der Waals surface area contributed by atoms with E-state index >= 15 is 0 Å². The van der Waals surface area contributed by atoms with Crippen LogP contribution in [0.4, 0.5) is 13.2 Å². The third-order valence-electron chi connectivity index (χ3n) is 3.65. The van der Waals surface area contributed by atoms with Crippen LogP contribution in [0.3, 0.4) is 0 Å². The molecule has 1 saturated carbocycles. The van der Waals surface area contributed by atoms with Crippen LogP contribution in [-0.2, 0) is 11.6 Å². The predicted octanol–water partition coefficient (Wildman–Crippen LogP) is 2.05. The molecule has 16 heavy (non-hydrogen) atoms. The highest BCUT2D eigenvalue weighted by molar-refractivity contribution is 5.34. The van der Waals surface area contributed by atoms with Gasteiger partial charge in [-0.25, -0.2) is 0 Å². The van der Waals surface area contributed by atoms with E-state index in [0.717, 1.165) is 12.5 Å². The third-order valence-corrected chi connectivity index (χ3v) is 3.65. The van der Waals surface area contributed by atoms with Crippen molar-refractivity contribution in [2.75, 3.05) is 6.54 Å². The van der Waals surface area contributed by atoms with Gasteiger partial charge in [0.05, 0.1) is 0 Å². The lowest BCUT2D eigenvalue weighted by molar-refractivity contribution is -0.141. The first-order valence-electron chi connectivity index (χ1n) is 5.06. The van der Waals surface area contributed by atoms with E-state index < -0.39 is 11.9 Å². The lowest BCUT2D eigenvalue weighted by Gasteiger charge is -2.15. The summed E-state index contributed by atoms with van der Waals surface area (Å²) in [7, 11) is 0. The summed E-state index contributed by atoms with van der Waals surface area (Å²) in [6, 6.07) is 1.07. The molecule has 0 saturated heterocycles. The van der Waals surface area contributed by atoms with Crippen molar-refractivity contribution in [2.45, 2.75) is 31.9 Å². The zero-order valence-corrected chi connectivity index (χ0v) is 9.15. The molecule has 1 aliphatic carbocycles. The lowest BCUT2D eigenvalue weighted by Crippen LogP contribution is -2.25. The normalized spacial score (nSPS) is 28.1. The van der Waals surface area contributed by atoms with Gasteiger partial charge in [-0.1, -0.05) is 13.8 Å². The summed E-state index contributed by atoms with van der Waals surface area (Å²) in [4.78, 5) is 0. The van der Waals surface area contributed by atoms with Crippen LogP contribution < -0.4 is 5.73 Å². The van der Waals surface area contributed by atoms with E-state index in [-0.39, 0.29) is 10.8 Å². The van der Waals surface area contributed by atoms with Gasteiger partial charge in [-0.3, -0.25) is 5.10 Å². The van der Waals surface area contributed by atoms with Gasteiger partial charge in [-0.15, -0.1) is 0 Å². The first-order chi connectivity index (χ1) is 7.23. The fourth-order valence-electron chi connectivity index (χ4n) is 2.34. The van der Waals surface area contributed by atoms with Gasteiger partial charge >= 0.3 is 6.18 Å². The van der Waals surface area contributed by atoms with Gasteiger partial charge in [0.2, 0.25) is 0 Å². The Labute approximate surface area is 91.2 Å². The molecule has 1 aromatic heterocycles. The second-order valence-electron chi connectivity index (χ2n) is 5.01. The number of hydrogen-bond acceptors (Lipinski definition) is 2. The van der Waals surface area contributed by atoms with Gasteiger partial charge in [0.25, 0.3) is 0 Å². The van der Waals surface area contributed by atoms with E-state index in [0.29, 0.717) is 12.2 Å². The molecule has 1 aromatic rings. The van der Waals surface area contributed by atoms with Crippen molar-refractivity contribution in [2.24, 2.45) is 11.1 Å². The molecule has 1 aliphatic rings. The van der Waals surface area contributed by atoms with Crippen LogP contribution in [0.25, 0.3) is 0 Å². The molecule has 0 aliphatic heterocycles. The summed E-state index contributed by atoms with van der Waals surface area (Å²) in [6.45, 7) is 4.32. The number of aromatic nitrogens is 2. The first-order valence-corrected chi connectivity index (χ1v) is 5.06. The number of aromatic amines is 1. The summed E-state index contributed by atoms with van der Waals surface area (Å²) < 4.78 is 37.2. The van der Waals surface area contributed by atoms with Crippen molar-refractivity contribution >= 4 is 0 Å². The molecule has 0 bridgehead atoms. The molecule has 0 aromatic carbocycles. The Morgan fingerprint density at radius 2 is 2.06 bits per heavy atom. The minimum Gasteiger partial charge on any atom is -0.330 e. The Bertz CT molecular complexity index is 408. The van der Waals surface area contributed by atoms with Crippen LogP contribution in [-0.4, -0.2) is 16.7 Å². The average molecular weight is 233 g/mol. The van der Waals surface area contributed by atoms with Crippen molar-refractivity contribution < 1.29 is 13.2 Å². The molecule has 0 amide bonds. The number of nitrogens with one attached hydrogen (secondary N) is 1. The van der Waals surface area contributed by atoms with Gasteiger partial charge in [0, 0.05) is 17.7 Å². The van der Waals surface area contributed by atoms with Crippen LogP contribution in [0.1, 0.15) is 31.7 Å². The monoisotopic (exact) mass is 233 g/mol. The highest BCUT2D eigenvalue weighted by Crippen LogP contribution is 2.63.